The third kappa shape index (κ3) is 14.6. The average molecular weight is 867 g/mol. The van der Waals surface area contributed by atoms with Gasteiger partial charge in [0, 0.05) is 13.0 Å². The van der Waals surface area contributed by atoms with Gasteiger partial charge in [-0.25, -0.2) is 23.7 Å². The number of rotatable bonds is 30. The van der Waals surface area contributed by atoms with Gasteiger partial charge >= 0.3 is 7.82 Å². The largest absolute Gasteiger partial charge is 0.472 e. The molecule has 0 amide bonds. The third-order valence-electron chi connectivity index (χ3n) is 11.5. The molecule has 4 N–H and O–H groups in total. The van der Waals surface area contributed by atoms with Crippen molar-refractivity contribution in [3.8, 4) is 11.8 Å². The summed E-state index contributed by atoms with van der Waals surface area (Å²) in [6.07, 6.45) is 23.1. The van der Waals surface area contributed by atoms with Crippen LogP contribution in [0, 0.1) is 11.3 Å². The first-order valence-electron chi connectivity index (χ1n) is 22.1. The quantitative estimate of drug-likeness (QED) is 0.0331. The van der Waals surface area contributed by atoms with Crippen LogP contribution in [0.3, 0.4) is 0 Å². The number of nitrogens with two attached hydrogens (primary N) is 1. The lowest BCUT2D eigenvalue weighted by molar-refractivity contribution is -0.134. The summed E-state index contributed by atoms with van der Waals surface area (Å²) >= 11 is 0. The van der Waals surface area contributed by atoms with Crippen LogP contribution in [-0.2, 0) is 40.0 Å². The molecule has 1 saturated heterocycles. The molecule has 0 saturated carbocycles. The first kappa shape index (κ1) is 48.3. The molecule has 17 heteroatoms. The van der Waals surface area contributed by atoms with Gasteiger partial charge in [0.25, 0.3) is 0 Å². The fraction of sp³-hybridized carbons (Fsp3) is 0.659. The molecular formula is C44H67N8O8P. The summed E-state index contributed by atoms with van der Waals surface area (Å²) in [6, 6.07) is 11.0. The molecule has 1 aromatic carbocycles. The first-order chi connectivity index (χ1) is 29.5. The topological polar surface area (TPSA) is 214 Å². The summed E-state index contributed by atoms with van der Waals surface area (Å²) in [4.78, 5) is 18.8. The maximum atomic E-state index is 13.3. The van der Waals surface area contributed by atoms with E-state index in [1.807, 2.05) is 6.07 Å². The van der Waals surface area contributed by atoms with Crippen molar-refractivity contribution in [3.63, 3.8) is 0 Å². The monoisotopic (exact) mass is 866 g/mol. The average Bonchev–Trinajstić information content (AvgIpc) is 4.00. The highest BCUT2D eigenvalue weighted by Gasteiger charge is 2.53. The van der Waals surface area contributed by atoms with Crippen LogP contribution in [0.1, 0.15) is 147 Å². The molecule has 4 aromatic rings. The number of hydrogen-bond donors (Lipinski definition) is 3. The highest BCUT2D eigenvalue weighted by Crippen LogP contribution is 2.49. The van der Waals surface area contributed by atoms with Crippen molar-refractivity contribution in [2.24, 2.45) is 0 Å². The Hall–Kier alpha value is -3.78. The standard InChI is InChI=1S/C44H67N8O8P/c1-4-5-6-7-8-9-10-11-12-13-14-15-16-17-18-19-24-56-29-37(57-28-35-20-21-38(36(25-35)27-45)51-34-47-32-49-51)30-58-61(54,55)59-31-44(3)41(53)26-43(2,60-44)40-23-22-39-42(46)48-33-50-52(39)40/h20-23,25,32-34,37,41,53H,4-19,24,26,28-31H2,1-3H3,(H,54,55)(H2,46,48,50)/t37-,41+,43-,44-/m1/s1. The minimum absolute atomic E-state index is 0.0843. The van der Waals surface area contributed by atoms with Crippen LogP contribution in [0.25, 0.3) is 11.2 Å². The molecule has 0 spiro atoms. The van der Waals surface area contributed by atoms with Crippen LogP contribution in [0.2, 0.25) is 0 Å². The molecule has 3 aromatic heterocycles. The van der Waals surface area contributed by atoms with Gasteiger partial charge in [-0.1, -0.05) is 109 Å². The molecule has 336 valence electrons. The Bertz CT molecular complexity index is 1990. The fourth-order valence-corrected chi connectivity index (χ4v) is 8.74. The first-order valence-corrected chi connectivity index (χ1v) is 23.6. The lowest BCUT2D eigenvalue weighted by Crippen LogP contribution is -2.41. The van der Waals surface area contributed by atoms with E-state index in [1.54, 1.807) is 42.6 Å². The zero-order chi connectivity index (χ0) is 43.6. The molecule has 61 heavy (non-hydrogen) atoms. The molecule has 0 aliphatic carbocycles. The zero-order valence-corrected chi connectivity index (χ0v) is 37.2. The van der Waals surface area contributed by atoms with Gasteiger partial charge in [0.15, 0.2) is 5.82 Å². The van der Waals surface area contributed by atoms with E-state index in [2.05, 4.69) is 33.2 Å². The number of fused-ring (bicyclic) bond motifs is 1. The Kier molecular flexibility index (Phi) is 19.1. The van der Waals surface area contributed by atoms with E-state index in [0.717, 1.165) is 19.3 Å². The van der Waals surface area contributed by atoms with Crippen molar-refractivity contribution in [3.05, 3.63) is 66.1 Å². The van der Waals surface area contributed by atoms with E-state index in [9.17, 15) is 19.8 Å². The van der Waals surface area contributed by atoms with Gasteiger partial charge in [-0.3, -0.25) is 9.05 Å². The minimum Gasteiger partial charge on any atom is -0.390 e. The molecular weight excluding hydrogens is 800 g/mol. The molecule has 1 aliphatic heterocycles. The van der Waals surface area contributed by atoms with Gasteiger partial charge in [0.05, 0.1) is 49.5 Å². The third-order valence-corrected chi connectivity index (χ3v) is 12.4. The Morgan fingerprint density at radius 2 is 1.61 bits per heavy atom. The van der Waals surface area contributed by atoms with E-state index < -0.39 is 37.8 Å². The smallest absolute Gasteiger partial charge is 0.390 e. The summed E-state index contributed by atoms with van der Waals surface area (Å²) in [5, 5.41) is 29.4. The number of hydrogen-bond acceptors (Lipinski definition) is 13. The molecule has 0 bridgehead atoms. The van der Waals surface area contributed by atoms with Gasteiger partial charge in [-0.2, -0.15) is 15.5 Å². The lowest BCUT2D eigenvalue weighted by Gasteiger charge is -2.31. The molecule has 5 atom stereocenters. The summed E-state index contributed by atoms with van der Waals surface area (Å²) < 4.78 is 45.8. The Labute approximate surface area is 360 Å². The molecule has 0 radical (unpaired) electrons. The molecule has 1 aliphatic rings. The van der Waals surface area contributed by atoms with Gasteiger partial charge in [0.2, 0.25) is 0 Å². The molecule has 4 heterocycles. The van der Waals surface area contributed by atoms with Crippen molar-refractivity contribution < 1.29 is 37.8 Å². The lowest BCUT2D eigenvalue weighted by atomic mass is 9.93. The van der Waals surface area contributed by atoms with E-state index in [-0.39, 0.29) is 26.2 Å². The predicted octanol–water partition coefficient (Wildman–Crippen LogP) is 8.52. The normalized spacial score (nSPS) is 20.6. The van der Waals surface area contributed by atoms with Crippen LogP contribution in [0.5, 0.6) is 0 Å². The van der Waals surface area contributed by atoms with Crippen LogP contribution < -0.4 is 5.73 Å². The Morgan fingerprint density at radius 1 is 0.934 bits per heavy atom. The van der Waals surface area contributed by atoms with Gasteiger partial charge in [0.1, 0.15) is 47.9 Å². The Morgan fingerprint density at radius 3 is 2.25 bits per heavy atom. The number of nitrogen functional groups attached to an aromatic ring is 1. The number of nitriles is 1. The number of aliphatic hydroxyl groups is 1. The van der Waals surface area contributed by atoms with E-state index in [0.29, 0.717) is 40.4 Å². The second-order valence-corrected chi connectivity index (χ2v) is 18.1. The van der Waals surface area contributed by atoms with E-state index in [4.69, 9.17) is 29.0 Å². The number of ether oxygens (including phenoxy) is 3. The number of aliphatic hydroxyl groups excluding tert-OH is 1. The second kappa shape index (κ2) is 24.2. The van der Waals surface area contributed by atoms with Crippen LogP contribution in [0.4, 0.5) is 5.82 Å². The van der Waals surface area contributed by atoms with Gasteiger partial charge < -0.3 is 29.9 Å². The number of nitrogens with zero attached hydrogens (tertiary/aromatic N) is 7. The van der Waals surface area contributed by atoms with Crippen LogP contribution >= 0.6 is 7.82 Å². The van der Waals surface area contributed by atoms with Crippen LogP contribution in [0.15, 0.2) is 49.3 Å². The summed E-state index contributed by atoms with van der Waals surface area (Å²) in [5.74, 6) is 0.300. The number of unbranched alkanes of at least 4 members (excludes halogenated alkanes) is 15. The maximum Gasteiger partial charge on any atom is 0.472 e. The number of phosphoric ester groups is 1. The summed E-state index contributed by atoms with van der Waals surface area (Å²) in [5.41, 5.74) is 6.54. The SMILES string of the molecule is CCCCCCCCCCCCCCCCCCOC[C@H](COP(=O)(O)OC[C@@]1(C)O[C@@](C)(c2ccc3c(N)ncnn23)C[C@@H]1O)OCc1ccc(-n2cncn2)c(C#N)c1. The molecule has 1 unspecified atom stereocenters. The van der Waals surface area contributed by atoms with Gasteiger partial charge in [-0.05, 0) is 50.1 Å². The van der Waals surface area contributed by atoms with Crippen molar-refractivity contribution in [1.29, 1.82) is 5.26 Å². The van der Waals surface area contributed by atoms with Crippen LogP contribution in [-0.4, -0.2) is 83.6 Å². The van der Waals surface area contributed by atoms with Crippen molar-refractivity contribution >= 4 is 19.2 Å². The summed E-state index contributed by atoms with van der Waals surface area (Å²) in [6.45, 7) is 5.64. The number of benzene rings is 1. The fourth-order valence-electron chi connectivity index (χ4n) is 7.89. The minimum atomic E-state index is -4.66. The molecule has 5 rings (SSSR count). The van der Waals surface area contributed by atoms with Crippen molar-refractivity contribution in [2.45, 2.75) is 160 Å². The van der Waals surface area contributed by atoms with Crippen molar-refractivity contribution in [1.82, 2.24) is 29.4 Å². The highest BCUT2D eigenvalue weighted by atomic mass is 31.2. The zero-order valence-electron chi connectivity index (χ0n) is 36.3. The Balaban J connectivity index is 1.06. The molecule has 1 fully saturated rings. The predicted molar refractivity (Wildman–Crippen MR) is 232 cm³/mol. The number of phosphoric acid groups is 1. The highest BCUT2D eigenvalue weighted by molar-refractivity contribution is 7.47. The number of anilines is 1. The molecule has 16 nitrogen and oxygen atoms in total. The van der Waals surface area contributed by atoms with E-state index in [1.165, 1.54) is 107 Å². The van der Waals surface area contributed by atoms with Crippen molar-refractivity contribution in [2.75, 3.05) is 32.2 Å². The summed E-state index contributed by atoms with van der Waals surface area (Å²) in [7, 11) is -4.66. The number of aromatic nitrogens is 6. The second-order valence-electron chi connectivity index (χ2n) is 16.7. The maximum absolute atomic E-state index is 13.3. The van der Waals surface area contributed by atoms with Gasteiger partial charge in [-0.15, -0.1) is 0 Å². The van der Waals surface area contributed by atoms with E-state index >= 15 is 0 Å².